The lowest BCUT2D eigenvalue weighted by molar-refractivity contribution is -0.0362. The molecule has 62 valence electrons. The number of rotatable bonds is 4. The molecule has 0 bridgehead atoms. The smallest absolute Gasteiger partial charge is 0.264 e. The summed E-state index contributed by atoms with van der Waals surface area (Å²) in [5.41, 5.74) is 0. The molecule has 0 aliphatic carbocycles. The lowest BCUT2D eigenvalue weighted by atomic mass is 10.00. The van der Waals surface area contributed by atoms with Gasteiger partial charge in [-0.2, -0.15) is 0 Å². The molecule has 1 N–H and O–H groups in total. The van der Waals surface area contributed by atoms with Gasteiger partial charge in [0.05, 0.1) is 0 Å². The molecule has 0 fully saturated rings. The molecule has 3 heteroatoms. The van der Waals surface area contributed by atoms with E-state index in [4.69, 9.17) is 5.11 Å². The van der Waals surface area contributed by atoms with Crippen molar-refractivity contribution in [1.29, 1.82) is 0 Å². The molecule has 0 amide bonds. The van der Waals surface area contributed by atoms with E-state index in [9.17, 15) is 8.78 Å². The van der Waals surface area contributed by atoms with Crippen LogP contribution in [0.5, 0.6) is 0 Å². The van der Waals surface area contributed by atoms with Crippen LogP contribution in [0.1, 0.15) is 26.7 Å². The number of hydrogen-bond donors (Lipinski definition) is 1. The van der Waals surface area contributed by atoms with E-state index in [1.807, 2.05) is 6.92 Å². The van der Waals surface area contributed by atoms with E-state index in [0.717, 1.165) is 6.42 Å². The average molecular weight is 152 g/mol. The molecule has 0 heterocycles. The first-order chi connectivity index (χ1) is 4.59. The van der Waals surface area contributed by atoms with Crippen molar-refractivity contribution < 1.29 is 13.9 Å². The molecule has 0 rings (SSSR count). The van der Waals surface area contributed by atoms with Crippen LogP contribution in [0.3, 0.4) is 0 Å². The highest BCUT2D eigenvalue weighted by Gasteiger charge is 2.22. The maximum Gasteiger partial charge on any atom is 0.264 e. The van der Waals surface area contributed by atoms with Crippen molar-refractivity contribution in [1.82, 2.24) is 0 Å². The second kappa shape index (κ2) is 4.61. The third-order valence-electron chi connectivity index (χ3n) is 1.59. The summed E-state index contributed by atoms with van der Waals surface area (Å²) < 4.78 is 23.5. The molecule has 2 unspecified atom stereocenters. The summed E-state index contributed by atoms with van der Waals surface area (Å²) in [5.74, 6) is -0.287. The van der Waals surface area contributed by atoms with Crippen molar-refractivity contribution in [3.05, 3.63) is 0 Å². The molecular formula is C7H14F2O. The monoisotopic (exact) mass is 152 g/mol. The Labute approximate surface area is 60.1 Å². The Kier molecular flexibility index (Phi) is 4.52. The number of aliphatic hydroxyl groups excluding tert-OH is 1. The van der Waals surface area contributed by atoms with Crippen molar-refractivity contribution in [3.63, 3.8) is 0 Å². The number of aliphatic hydroxyl groups is 1. The molecule has 0 spiro atoms. The van der Waals surface area contributed by atoms with Crippen LogP contribution in [0.25, 0.3) is 0 Å². The Hall–Kier alpha value is -0.180. The quantitative estimate of drug-likeness (QED) is 0.653. The summed E-state index contributed by atoms with van der Waals surface area (Å²) in [4.78, 5) is 0. The molecule has 0 aromatic carbocycles. The first kappa shape index (κ1) is 9.82. The van der Waals surface area contributed by atoms with Crippen LogP contribution in [0.2, 0.25) is 0 Å². The summed E-state index contributed by atoms with van der Waals surface area (Å²) in [7, 11) is 0. The fraction of sp³-hybridized carbons (Fsp3) is 1.00. The Bertz CT molecular complexity index is 85.7. The molecule has 1 nitrogen and oxygen atoms in total. The predicted molar refractivity (Wildman–Crippen MR) is 36.1 cm³/mol. The van der Waals surface area contributed by atoms with Gasteiger partial charge in [0.15, 0.2) is 0 Å². The van der Waals surface area contributed by atoms with Gasteiger partial charge in [-0.1, -0.05) is 20.3 Å². The summed E-state index contributed by atoms with van der Waals surface area (Å²) in [6, 6.07) is 0. The Morgan fingerprint density at radius 2 is 1.90 bits per heavy atom. The largest absolute Gasteiger partial charge is 0.387 e. The van der Waals surface area contributed by atoms with Gasteiger partial charge in [0.25, 0.3) is 6.43 Å². The van der Waals surface area contributed by atoms with Crippen LogP contribution >= 0.6 is 0 Å². The van der Waals surface area contributed by atoms with Crippen molar-refractivity contribution in [2.24, 2.45) is 5.92 Å². The summed E-state index contributed by atoms with van der Waals surface area (Å²) in [5, 5.41) is 8.78. The van der Waals surface area contributed by atoms with Crippen LogP contribution in [-0.2, 0) is 0 Å². The van der Waals surface area contributed by atoms with Gasteiger partial charge < -0.3 is 5.11 Å². The first-order valence-corrected chi connectivity index (χ1v) is 3.55. The minimum absolute atomic E-state index is 0.287. The van der Waals surface area contributed by atoms with Gasteiger partial charge in [-0.3, -0.25) is 0 Å². The lowest BCUT2D eigenvalue weighted by Gasteiger charge is -2.16. The second-order valence-electron chi connectivity index (χ2n) is 2.59. The Balaban J connectivity index is 3.58. The van der Waals surface area contributed by atoms with Crippen LogP contribution in [0.4, 0.5) is 8.78 Å². The molecule has 2 atom stereocenters. The zero-order valence-electron chi connectivity index (χ0n) is 6.35. The molecule has 0 aromatic heterocycles. The van der Waals surface area contributed by atoms with Gasteiger partial charge in [0.1, 0.15) is 6.10 Å². The SMILES string of the molecule is CCCC(C)C(O)C(F)F. The highest BCUT2D eigenvalue weighted by atomic mass is 19.3. The Morgan fingerprint density at radius 3 is 2.20 bits per heavy atom. The van der Waals surface area contributed by atoms with E-state index >= 15 is 0 Å². The van der Waals surface area contributed by atoms with Gasteiger partial charge >= 0.3 is 0 Å². The van der Waals surface area contributed by atoms with Crippen molar-refractivity contribution in [2.45, 2.75) is 39.2 Å². The van der Waals surface area contributed by atoms with Gasteiger partial charge in [-0.15, -0.1) is 0 Å². The van der Waals surface area contributed by atoms with Crippen LogP contribution in [0.15, 0.2) is 0 Å². The highest BCUT2D eigenvalue weighted by Crippen LogP contribution is 2.15. The van der Waals surface area contributed by atoms with Gasteiger partial charge in [0, 0.05) is 0 Å². The van der Waals surface area contributed by atoms with Crippen molar-refractivity contribution in [3.8, 4) is 0 Å². The van der Waals surface area contributed by atoms with E-state index < -0.39 is 12.5 Å². The molecule has 0 radical (unpaired) electrons. The minimum atomic E-state index is -2.60. The zero-order chi connectivity index (χ0) is 8.15. The standard InChI is InChI=1S/C7H14F2O/c1-3-4-5(2)6(10)7(8)9/h5-7,10H,3-4H2,1-2H3. The molecule has 10 heavy (non-hydrogen) atoms. The van der Waals surface area contributed by atoms with E-state index in [0.29, 0.717) is 6.42 Å². The fourth-order valence-corrected chi connectivity index (χ4v) is 0.874. The lowest BCUT2D eigenvalue weighted by Crippen LogP contribution is -2.25. The van der Waals surface area contributed by atoms with Crippen LogP contribution in [0, 0.1) is 5.92 Å². The molecule has 0 saturated heterocycles. The van der Waals surface area contributed by atoms with E-state index in [-0.39, 0.29) is 5.92 Å². The highest BCUT2D eigenvalue weighted by molar-refractivity contribution is 4.65. The maximum atomic E-state index is 11.8. The van der Waals surface area contributed by atoms with Crippen LogP contribution in [-0.4, -0.2) is 17.6 Å². The van der Waals surface area contributed by atoms with Crippen molar-refractivity contribution in [2.75, 3.05) is 0 Å². The van der Waals surface area contributed by atoms with Gasteiger partial charge in [-0.05, 0) is 12.3 Å². The fourth-order valence-electron chi connectivity index (χ4n) is 0.874. The number of hydrogen-bond acceptors (Lipinski definition) is 1. The van der Waals surface area contributed by atoms with E-state index in [1.165, 1.54) is 0 Å². The topological polar surface area (TPSA) is 20.2 Å². The molecular weight excluding hydrogens is 138 g/mol. The first-order valence-electron chi connectivity index (χ1n) is 3.55. The average Bonchev–Trinajstić information content (AvgIpc) is 1.87. The third-order valence-corrected chi connectivity index (χ3v) is 1.59. The molecule has 0 aliphatic heterocycles. The normalized spacial score (nSPS) is 17.4. The maximum absolute atomic E-state index is 11.8. The van der Waals surface area contributed by atoms with E-state index in [1.54, 1.807) is 6.92 Å². The molecule has 0 saturated carbocycles. The summed E-state index contributed by atoms with van der Waals surface area (Å²) >= 11 is 0. The summed E-state index contributed by atoms with van der Waals surface area (Å²) in [6.45, 7) is 3.55. The zero-order valence-corrected chi connectivity index (χ0v) is 6.35. The van der Waals surface area contributed by atoms with E-state index in [2.05, 4.69) is 0 Å². The Morgan fingerprint density at radius 1 is 1.40 bits per heavy atom. The van der Waals surface area contributed by atoms with Crippen LogP contribution < -0.4 is 0 Å². The minimum Gasteiger partial charge on any atom is -0.387 e. The van der Waals surface area contributed by atoms with Gasteiger partial charge in [-0.25, -0.2) is 8.78 Å². The predicted octanol–water partition coefficient (Wildman–Crippen LogP) is 2.05. The third kappa shape index (κ3) is 3.11. The number of halogens is 2. The van der Waals surface area contributed by atoms with Gasteiger partial charge in [0.2, 0.25) is 0 Å². The molecule has 0 aromatic rings. The van der Waals surface area contributed by atoms with Crippen molar-refractivity contribution >= 4 is 0 Å². The summed E-state index contributed by atoms with van der Waals surface area (Å²) in [6.07, 6.45) is -2.54. The molecule has 0 aliphatic rings. The second-order valence-corrected chi connectivity index (χ2v) is 2.59. The number of alkyl halides is 2.